The van der Waals surface area contributed by atoms with E-state index in [1.165, 1.54) is 11.1 Å². The van der Waals surface area contributed by atoms with E-state index in [0.29, 0.717) is 24.4 Å². The van der Waals surface area contributed by atoms with Crippen molar-refractivity contribution in [3.05, 3.63) is 32.6 Å². The van der Waals surface area contributed by atoms with Gasteiger partial charge in [0.25, 0.3) is 5.56 Å². The summed E-state index contributed by atoms with van der Waals surface area (Å²) >= 11 is 0. The lowest BCUT2D eigenvalue weighted by atomic mass is 10.0. The van der Waals surface area contributed by atoms with Crippen molar-refractivity contribution in [1.29, 1.82) is 0 Å². The van der Waals surface area contributed by atoms with Crippen molar-refractivity contribution in [3.63, 3.8) is 0 Å². The number of carbonyl (C=O) groups excluding carboxylic acids is 3. The van der Waals surface area contributed by atoms with Crippen LogP contribution in [0.25, 0.3) is 0 Å². The van der Waals surface area contributed by atoms with Gasteiger partial charge in [0.1, 0.15) is 12.1 Å². The Balaban J connectivity index is 0.00000201. The minimum Gasteiger partial charge on any atom is -0.444 e. The van der Waals surface area contributed by atoms with Gasteiger partial charge in [0.2, 0.25) is 11.8 Å². The number of aryl methyl sites for hydroxylation is 1. The number of hydrogen-bond acceptors (Lipinski definition) is 7. The third-order valence-electron chi connectivity index (χ3n) is 5.82. The van der Waals surface area contributed by atoms with E-state index in [1.54, 1.807) is 27.7 Å². The number of aromatic amines is 1. The maximum atomic E-state index is 12.9. The van der Waals surface area contributed by atoms with Gasteiger partial charge in [0.05, 0.1) is 6.54 Å². The average molecular weight is 584 g/mol. The first kappa shape index (κ1) is 37.9. The highest BCUT2D eigenvalue weighted by molar-refractivity contribution is 5.84. The van der Waals surface area contributed by atoms with Gasteiger partial charge in [0, 0.05) is 44.6 Å². The number of H-pyrrole nitrogens is 1. The molecule has 1 rings (SSSR count). The lowest BCUT2D eigenvalue weighted by Crippen LogP contribution is -2.45. The van der Waals surface area contributed by atoms with Crippen molar-refractivity contribution in [2.45, 2.75) is 99.6 Å². The number of nitrogens with one attached hydrogen (secondary N) is 3. The molecule has 0 bridgehead atoms. The molecule has 3 amide bonds. The molecule has 3 N–H and O–H groups in total. The lowest BCUT2D eigenvalue weighted by molar-refractivity contribution is -0.136. The first-order chi connectivity index (χ1) is 19.2. The summed E-state index contributed by atoms with van der Waals surface area (Å²) in [4.78, 5) is 64.2. The van der Waals surface area contributed by atoms with Gasteiger partial charge in [-0.05, 0) is 59.3 Å². The van der Waals surface area contributed by atoms with Crippen LogP contribution in [0.1, 0.15) is 86.1 Å². The van der Waals surface area contributed by atoms with Crippen molar-refractivity contribution in [2.24, 2.45) is 5.92 Å². The van der Waals surface area contributed by atoms with E-state index in [4.69, 9.17) is 9.47 Å². The van der Waals surface area contributed by atoms with Gasteiger partial charge < -0.3 is 25.0 Å². The summed E-state index contributed by atoms with van der Waals surface area (Å²) in [6, 6.07) is 0. The highest BCUT2D eigenvalue weighted by Crippen LogP contribution is 2.10. The monoisotopic (exact) mass is 583 g/mol. The molecule has 1 aromatic rings. The van der Waals surface area contributed by atoms with E-state index in [9.17, 15) is 24.0 Å². The molecule has 0 spiro atoms. The molecule has 236 valence electrons. The molecule has 0 radical (unpaired) electrons. The van der Waals surface area contributed by atoms with Gasteiger partial charge in [-0.2, -0.15) is 0 Å². The van der Waals surface area contributed by atoms with Crippen molar-refractivity contribution in [2.75, 3.05) is 39.4 Å². The molecule has 12 nitrogen and oxygen atoms in total. The van der Waals surface area contributed by atoms with Gasteiger partial charge in [0.15, 0.2) is 0 Å². The van der Waals surface area contributed by atoms with Crippen molar-refractivity contribution < 1.29 is 23.9 Å². The summed E-state index contributed by atoms with van der Waals surface area (Å²) in [7, 11) is 0. The first-order valence-electron chi connectivity index (χ1n) is 14.6. The van der Waals surface area contributed by atoms with Crippen LogP contribution in [-0.4, -0.2) is 77.4 Å². The molecule has 1 unspecified atom stereocenters. The van der Waals surface area contributed by atoms with Crippen LogP contribution in [-0.2, 0) is 25.6 Å². The number of carbonyl (C=O) groups is 3. The van der Waals surface area contributed by atoms with E-state index in [0.717, 1.165) is 43.5 Å². The molecule has 0 saturated carbocycles. The molecule has 0 fully saturated rings. The SMILES string of the molecule is CCC(C)CCCN(CC(=O)NCCNC(=O)OC(C)(C)C)C(=O)Cn1cc(C)c(=O)[nH]c1=O.CCCOCCC. The molecular formula is C29H53N5O7. The maximum absolute atomic E-state index is 12.9. The van der Waals surface area contributed by atoms with Crippen molar-refractivity contribution in [1.82, 2.24) is 25.1 Å². The first-order valence-corrected chi connectivity index (χ1v) is 14.6. The Labute approximate surface area is 244 Å². The number of rotatable bonds is 16. The van der Waals surface area contributed by atoms with E-state index < -0.39 is 28.9 Å². The summed E-state index contributed by atoms with van der Waals surface area (Å²) in [5, 5.41) is 5.22. The predicted octanol–water partition coefficient (Wildman–Crippen LogP) is 2.96. The molecule has 12 heteroatoms. The molecular weight excluding hydrogens is 530 g/mol. The normalized spacial score (nSPS) is 11.6. The molecule has 0 aliphatic carbocycles. The van der Waals surface area contributed by atoms with Gasteiger partial charge >= 0.3 is 11.8 Å². The standard InChI is InChI=1S/C23H39N5O6.C6H14O/c1-7-16(2)9-8-12-27(19(30)15-28-13-17(3)20(31)26-21(28)32)14-18(29)24-10-11-25-22(33)34-23(4,5)6;1-3-5-7-6-4-2/h13,16H,7-12,14-15H2,1-6H3,(H,24,29)(H,25,33)(H,26,31,32);3-6H2,1-2H3. The minimum atomic E-state index is -0.679. The number of hydrogen-bond donors (Lipinski definition) is 3. The molecule has 0 saturated heterocycles. The lowest BCUT2D eigenvalue weighted by Gasteiger charge is -2.23. The Morgan fingerprint density at radius 2 is 1.66 bits per heavy atom. The van der Waals surface area contributed by atoms with Crippen LogP contribution >= 0.6 is 0 Å². The van der Waals surface area contributed by atoms with Gasteiger partial charge in [-0.3, -0.25) is 23.9 Å². The second-order valence-electron chi connectivity index (χ2n) is 11.1. The van der Waals surface area contributed by atoms with Crippen molar-refractivity contribution >= 4 is 17.9 Å². The molecule has 41 heavy (non-hydrogen) atoms. The summed E-state index contributed by atoms with van der Waals surface area (Å²) in [5.74, 6) is -0.290. The smallest absolute Gasteiger partial charge is 0.407 e. The summed E-state index contributed by atoms with van der Waals surface area (Å²) < 4.78 is 11.4. The summed E-state index contributed by atoms with van der Waals surface area (Å²) in [6.45, 7) is 17.4. The van der Waals surface area contributed by atoms with E-state index in [1.807, 2.05) is 0 Å². The van der Waals surface area contributed by atoms with Gasteiger partial charge in [-0.25, -0.2) is 9.59 Å². The van der Waals surface area contributed by atoms with Gasteiger partial charge in [-0.15, -0.1) is 0 Å². The Morgan fingerprint density at radius 1 is 1.05 bits per heavy atom. The maximum Gasteiger partial charge on any atom is 0.407 e. The average Bonchev–Trinajstić information content (AvgIpc) is 2.88. The van der Waals surface area contributed by atoms with Crippen molar-refractivity contribution in [3.8, 4) is 0 Å². The third-order valence-corrected chi connectivity index (χ3v) is 5.82. The van der Waals surface area contributed by atoms with E-state index in [2.05, 4.69) is 43.3 Å². The molecule has 0 aromatic carbocycles. The van der Waals surface area contributed by atoms with Crippen LogP contribution in [0.4, 0.5) is 4.79 Å². The quantitative estimate of drug-likeness (QED) is 0.253. The second-order valence-corrected chi connectivity index (χ2v) is 11.1. The zero-order chi connectivity index (χ0) is 31.4. The Hall–Kier alpha value is -3.15. The molecule has 1 atom stereocenters. The number of nitrogens with zero attached hydrogens (tertiary/aromatic N) is 2. The fourth-order valence-corrected chi connectivity index (χ4v) is 3.41. The van der Waals surface area contributed by atoms with Crippen LogP contribution in [0.5, 0.6) is 0 Å². The van der Waals surface area contributed by atoms with E-state index >= 15 is 0 Å². The zero-order valence-corrected chi connectivity index (χ0v) is 26.4. The summed E-state index contributed by atoms with van der Waals surface area (Å²) in [5.41, 5.74) is -1.49. The number of alkyl carbamates (subject to hydrolysis) is 1. The predicted molar refractivity (Wildman–Crippen MR) is 160 cm³/mol. The molecule has 1 aromatic heterocycles. The Morgan fingerprint density at radius 3 is 2.22 bits per heavy atom. The van der Waals surface area contributed by atoms with Gasteiger partial charge in [-0.1, -0.05) is 34.1 Å². The van der Waals surface area contributed by atoms with E-state index in [-0.39, 0.29) is 32.1 Å². The number of amides is 3. The molecule has 0 aliphatic rings. The minimum absolute atomic E-state index is 0.172. The fourth-order valence-electron chi connectivity index (χ4n) is 3.41. The number of ether oxygens (including phenoxy) is 2. The number of aromatic nitrogens is 2. The second kappa shape index (κ2) is 20.7. The Kier molecular flexibility index (Phi) is 19.1. The largest absolute Gasteiger partial charge is 0.444 e. The van der Waals surface area contributed by atoms with Crippen LogP contribution in [0.3, 0.4) is 0 Å². The zero-order valence-electron chi connectivity index (χ0n) is 26.4. The van der Waals surface area contributed by atoms with Crippen LogP contribution < -0.4 is 21.9 Å². The summed E-state index contributed by atoms with van der Waals surface area (Å²) in [6.07, 6.45) is 5.67. The highest BCUT2D eigenvalue weighted by Gasteiger charge is 2.19. The highest BCUT2D eigenvalue weighted by atomic mass is 16.6. The fraction of sp³-hybridized carbons (Fsp3) is 0.759. The third kappa shape index (κ3) is 18.8. The van der Waals surface area contributed by atoms with Crippen LogP contribution in [0.15, 0.2) is 15.8 Å². The topological polar surface area (TPSA) is 152 Å². The molecule has 0 aliphatic heterocycles. The van der Waals surface area contributed by atoms with Crippen LogP contribution in [0, 0.1) is 12.8 Å². The Bertz CT molecular complexity index is 1030. The molecule has 1 heterocycles. The van der Waals surface area contributed by atoms with Crippen LogP contribution in [0.2, 0.25) is 0 Å².